The van der Waals surface area contributed by atoms with Gasteiger partial charge in [0.05, 0.1) is 6.42 Å². The minimum absolute atomic E-state index is 0.0140. The van der Waals surface area contributed by atoms with Crippen molar-refractivity contribution in [3.05, 3.63) is 35.6 Å². The molecule has 0 aromatic heterocycles. The van der Waals surface area contributed by atoms with Gasteiger partial charge in [0.2, 0.25) is 5.91 Å². The number of rotatable bonds is 6. The molecule has 4 nitrogen and oxygen atoms in total. The van der Waals surface area contributed by atoms with Gasteiger partial charge in [0.1, 0.15) is 5.82 Å². The van der Waals surface area contributed by atoms with Crippen LogP contribution in [0.3, 0.4) is 0 Å². The fourth-order valence-electron chi connectivity index (χ4n) is 3.02. The van der Waals surface area contributed by atoms with Crippen LogP contribution in [0.1, 0.15) is 38.2 Å². The van der Waals surface area contributed by atoms with E-state index in [0.717, 1.165) is 18.4 Å². The molecule has 0 aliphatic carbocycles. The Labute approximate surface area is 129 Å². The molecule has 1 aliphatic heterocycles. The van der Waals surface area contributed by atoms with Crippen LogP contribution in [-0.2, 0) is 16.0 Å². The number of likely N-dealkylation sites (tertiary alicyclic amines) is 1. The van der Waals surface area contributed by atoms with Crippen LogP contribution < -0.4 is 0 Å². The van der Waals surface area contributed by atoms with Gasteiger partial charge in [0.25, 0.3) is 0 Å². The molecule has 1 saturated heterocycles. The molecule has 2 unspecified atom stereocenters. The molecule has 1 amide bonds. The van der Waals surface area contributed by atoms with Crippen molar-refractivity contribution in [3.63, 3.8) is 0 Å². The molecule has 2 atom stereocenters. The quantitative estimate of drug-likeness (QED) is 0.879. The van der Waals surface area contributed by atoms with E-state index in [1.54, 1.807) is 11.0 Å². The lowest BCUT2D eigenvalue weighted by atomic mass is 9.99. The third-order valence-electron chi connectivity index (χ3n) is 4.25. The highest BCUT2D eigenvalue weighted by Gasteiger charge is 2.32. The van der Waals surface area contributed by atoms with E-state index in [2.05, 4.69) is 0 Å². The lowest BCUT2D eigenvalue weighted by Gasteiger charge is -2.26. The smallest absolute Gasteiger partial charge is 0.305 e. The Morgan fingerprint density at radius 1 is 1.45 bits per heavy atom. The van der Waals surface area contributed by atoms with Gasteiger partial charge in [-0.1, -0.05) is 19.1 Å². The molecule has 22 heavy (non-hydrogen) atoms. The first-order valence-electron chi connectivity index (χ1n) is 7.74. The predicted octanol–water partition coefficient (Wildman–Crippen LogP) is 2.86. The molecule has 1 aliphatic rings. The molecular formula is C17H22FNO3. The Morgan fingerprint density at radius 2 is 2.23 bits per heavy atom. The van der Waals surface area contributed by atoms with E-state index in [9.17, 15) is 14.0 Å². The first kappa shape index (κ1) is 16.5. The van der Waals surface area contributed by atoms with Crippen molar-refractivity contribution in [2.24, 2.45) is 5.92 Å². The molecule has 1 aromatic rings. The summed E-state index contributed by atoms with van der Waals surface area (Å²) in [5.41, 5.74) is 0.878. The zero-order valence-electron chi connectivity index (χ0n) is 12.8. The Morgan fingerprint density at radius 3 is 2.91 bits per heavy atom. The van der Waals surface area contributed by atoms with Gasteiger partial charge in [0.15, 0.2) is 0 Å². The summed E-state index contributed by atoms with van der Waals surface area (Å²) < 4.78 is 13.1. The normalized spacial score (nSPS) is 19.2. The van der Waals surface area contributed by atoms with Crippen LogP contribution in [0.15, 0.2) is 24.3 Å². The second-order valence-electron chi connectivity index (χ2n) is 6.00. The summed E-state index contributed by atoms with van der Waals surface area (Å²) in [5.74, 6) is -1.30. The van der Waals surface area contributed by atoms with Gasteiger partial charge in [-0.05, 0) is 43.4 Å². The van der Waals surface area contributed by atoms with E-state index in [-0.39, 0.29) is 30.1 Å². The average Bonchev–Trinajstić information content (AvgIpc) is 2.91. The Balaban J connectivity index is 1.90. The Hall–Kier alpha value is -1.91. The van der Waals surface area contributed by atoms with E-state index in [0.29, 0.717) is 19.4 Å². The molecule has 0 saturated carbocycles. The largest absolute Gasteiger partial charge is 0.481 e. The Kier molecular flexibility index (Phi) is 5.52. The van der Waals surface area contributed by atoms with Crippen molar-refractivity contribution >= 4 is 11.9 Å². The molecular weight excluding hydrogens is 285 g/mol. The molecule has 0 spiro atoms. The number of aliphatic carboxylic acids is 1. The number of nitrogens with zero attached hydrogens (tertiary/aromatic N) is 1. The molecule has 2 rings (SSSR count). The number of hydrogen-bond acceptors (Lipinski definition) is 2. The molecule has 120 valence electrons. The monoisotopic (exact) mass is 307 g/mol. The predicted molar refractivity (Wildman–Crippen MR) is 80.9 cm³/mol. The highest BCUT2D eigenvalue weighted by molar-refractivity contribution is 5.80. The minimum Gasteiger partial charge on any atom is -0.481 e. The maximum Gasteiger partial charge on any atom is 0.305 e. The lowest BCUT2D eigenvalue weighted by molar-refractivity contribution is -0.141. The van der Waals surface area contributed by atoms with Gasteiger partial charge in [-0.25, -0.2) is 4.39 Å². The van der Waals surface area contributed by atoms with Gasteiger partial charge in [-0.15, -0.1) is 0 Å². The van der Waals surface area contributed by atoms with Gasteiger partial charge >= 0.3 is 5.97 Å². The summed E-state index contributed by atoms with van der Waals surface area (Å²) in [6.07, 6.45) is 2.91. The molecule has 0 radical (unpaired) electrons. The van der Waals surface area contributed by atoms with Gasteiger partial charge < -0.3 is 10.0 Å². The zero-order chi connectivity index (χ0) is 16.1. The standard InChI is InChI=1S/C17H22FNO3/c1-12(7-8-13-4-2-5-14(18)10-13)17(22)19-9-3-6-15(19)11-16(20)21/h2,4-5,10,12,15H,3,6-9,11H2,1H3,(H,20,21). The number of carbonyl (C=O) groups is 2. The number of halogens is 1. The van der Waals surface area contributed by atoms with Gasteiger partial charge in [-0.3, -0.25) is 9.59 Å². The maximum atomic E-state index is 13.1. The summed E-state index contributed by atoms with van der Waals surface area (Å²) in [7, 11) is 0. The van der Waals surface area contributed by atoms with Crippen LogP contribution in [0.5, 0.6) is 0 Å². The molecule has 0 bridgehead atoms. The van der Waals surface area contributed by atoms with E-state index in [4.69, 9.17) is 5.11 Å². The van der Waals surface area contributed by atoms with Gasteiger partial charge in [-0.2, -0.15) is 0 Å². The van der Waals surface area contributed by atoms with Crippen molar-refractivity contribution in [2.45, 2.75) is 45.1 Å². The van der Waals surface area contributed by atoms with Crippen molar-refractivity contribution < 1.29 is 19.1 Å². The van der Waals surface area contributed by atoms with Crippen LogP contribution in [-0.4, -0.2) is 34.5 Å². The first-order chi connectivity index (χ1) is 10.5. The number of carboxylic acids is 1. The fraction of sp³-hybridized carbons (Fsp3) is 0.529. The maximum absolute atomic E-state index is 13.1. The third kappa shape index (κ3) is 4.29. The van der Waals surface area contributed by atoms with E-state index >= 15 is 0 Å². The molecule has 1 N–H and O–H groups in total. The third-order valence-corrected chi connectivity index (χ3v) is 4.25. The van der Waals surface area contributed by atoms with Crippen molar-refractivity contribution in [1.82, 2.24) is 4.90 Å². The number of carbonyl (C=O) groups excluding carboxylic acids is 1. The minimum atomic E-state index is -0.864. The van der Waals surface area contributed by atoms with Crippen LogP contribution in [0.4, 0.5) is 4.39 Å². The number of hydrogen-bond donors (Lipinski definition) is 1. The van der Waals surface area contributed by atoms with Crippen LogP contribution in [0, 0.1) is 11.7 Å². The number of amides is 1. The van der Waals surface area contributed by atoms with Crippen LogP contribution in [0.2, 0.25) is 0 Å². The number of aryl methyl sites for hydroxylation is 1. The van der Waals surface area contributed by atoms with E-state index in [1.807, 2.05) is 13.0 Å². The van der Waals surface area contributed by atoms with E-state index in [1.165, 1.54) is 12.1 Å². The van der Waals surface area contributed by atoms with Crippen molar-refractivity contribution in [1.29, 1.82) is 0 Å². The summed E-state index contributed by atoms with van der Waals surface area (Å²) >= 11 is 0. The van der Waals surface area contributed by atoms with Crippen molar-refractivity contribution in [3.8, 4) is 0 Å². The lowest BCUT2D eigenvalue weighted by Crippen LogP contribution is -2.40. The van der Waals surface area contributed by atoms with Crippen LogP contribution in [0.25, 0.3) is 0 Å². The van der Waals surface area contributed by atoms with Crippen LogP contribution >= 0.6 is 0 Å². The zero-order valence-corrected chi connectivity index (χ0v) is 12.8. The summed E-state index contributed by atoms with van der Waals surface area (Å²) in [5, 5.41) is 8.92. The van der Waals surface area contributed by atoms with E-state index < -0.39 is 5.97 Å². The summed E-state index contributed by atoms with van der Waals surface area (Å²) in [6.45, 7) is 2.50. The fourth-order valence-corrected chi connectivity index (χ4v) is 3.02. The highest BCUT2D eigenvalue weighted by atomic mass is 19.1. The first-order valence-corrected chi connectivity index (χ1v) is 7.74. The average molecular weight is 307 g/mol. The summed E-state index contributed by atoms with van der Waals surface area (Å²) in [4.78, 5) is 25.1. The Bertz CT molecular complexity index is 546. The molecule has 1 aromatic carbocycles. The van der Waals surface area contributed by atoms with Crippen molar-refractivity contribution in [2.75, 3.05) is 6.54 Å². The second-order valence-corrected chi connectivity index (χ2v) is 6.00. The molecule has 1 fully saturated rings. The topological polar surface area (TPSA) is 57.6 Å². The molecule has 5 heteroatoms. The summed E-state index contributed by atoms with van der Waals surface area (Å²) in [6, 6.07) is 6.23. The highest BCUT2D eigenvalue weighted by Crippen LogP contribution is 2.24. The number of benzene rings is 1. The van der Waals surface area contributed by atoms with Gasteiger partial charge in [0, 0.05) is 18.5 Å². The second kappa shape index (κ2) is 7.38. The number of carboxylic acid groups (broad SMARTS) is 1. The SMILES string of the molecule is CC(CCc1cccc(F)c1)C(=O)N1CCCC1CC(=O)O. The molecule has 1 heterocycles.